The van der Waals surface area contributed by atoms with Gasteiger partial charge in [-0.25, -0.2) is 0 Å². The molecule has 0 radical (unpaired) electrons. The Morgan fingerprint density at radius 3 is 1.69 bits per heavy atom. The summed E-state index contributed by atoms with van der Waals surface area (Å²) in [5.74, 6) is -0.225. The lowest BCUT2D eigenvalue weighted by Crippen LogP contribution is -2.41. The first-order valence-corrected chi connectivity index (χ1v) is 13.0. The summed E-state index contributed by atoms with van der Waals surface area (Å²) in [6, 6.07) is 19.6. The SMILES string of the molecule is O=C1C(Sc2ccccc2)=C(c2ccccc2)C(=O)N1C1CCCCCCCCCCC1. The molecule has 2 aliphatic rings. The molecule has 0 spiro atoms. The average molecular weight is 448 g/mol. The van der Waals surface area contributed by atoms with E-state index in [1.165, 1.54) is 56.7 Å². The third-order valence-corrected chi connectivity index (χ3v) is 7.63. The van der Waals surface area contributed by atoms with Crippen LogP contribution in [0.25, 0.3) is 5.57 Å². The zero-order chi connectivity index (χ0) is 22.2. The third kappa shape index (κ3) is 5.53. The number of nitrogens with zero attached hydrogens (tertiary/aromatic N) is 1. The van der Waals surface area contributed by atoms with Crippen LogP contribution in [0, 0.1) is 0 Å². The van der Waals surface area contributed by atoms with E-state index in [1.54, 1.807) is 4.90 Å². The van der Waals surface area contributed by atoms with Crippen LogP contribution in [0.2, 0.25) is 0 Å². The molecule has 2 amide bonds. The van der Waals surface area contributed by atoms with Crippen molar-refractivity contribution in [3.63, 3.8) is 0 Å². The Hall–Kier alpha value is -2.33. The van der Waals surface area contributed by atoms with E-state index in [1.807, 2.05) is 60.7 Å². The second-order valence-corrected chi connectivity index (χ2v) is 9.96. The number of carbonyl (C=O) groups is 2. The van der Waals surface area contributed by atoms with Gasteiger partial charge < -0.3 is 0 Å². The van der Waals surface area contributed by atoms with Crippen molar-refractivity contribution < 1.29 is 9.59 Å². The Kier molecular flexibility index (Phi) is 8.22. The molecule has 1 aliphatic heterocycles. The van der Waals surface area contributed by atoms with Gasteiger partial charge in [-0.3, -0.25) is 14.5 Å². The molecule has 0 aromatic heterocycles. The van der Waals surface area contributed by atoms with Gasteiger partial charge in [0.2, 0.25) is 0 Å². The average Bonchev–Trinajstić information content (AvgIpc) is 3.05. The number of hydrogen-bond acceptors (Lipinski definition) is 3. The summed E-state index contributed by atoms with van der Waals surface area (Å²) in [7, 11) is 0. The van der Waals surface area contributed by atoms with E-state index in [9.17, 15) is 9.59 Å². The molecular weight excluding hydrogens is 414 g/mol. The Morgan fingerprint density at radius 2 is 1.12 bits per heavy atom. The van der Waals surface area contributed by atoms with Gasteiger partial charge in [-0.1, -0.05) is 118 Å². The van der Waals surface area contributed by atoms with E-state index < -0.39 is 0 Å². The molecular formula is C28H33NO2S. The van der Waals surface area contributed by atoms with Gasteiger partial charge in [0.15, 0.2) is 0 Å². The van der Waals surface area contributed by atoms with Crippen LogP contribution in [0.4, 0.5) is 0 Å². The van der Waals surface area contributed by atoms with Gasteiger partial charge in [0.1, 0.15) is 0 Å². The molecule has 3 nitrogen and oxygen atoms in total. The lowest BCUT2D eigenvalue weighted by molar-refractivity contribution is -0.139. The number of imide groups is 1. The van der Waals surface area contributed by atoms with Crippen LogP contribution >= 0.6 is 11.8 Å². The summed E-state index contributed by atoms with van der Waals surface area (Å²) in [6.45, 7) is 0. The molecule has 0 saturated heterocycles. The van der Waals surface area contributed by atoms with Gasteiger partial charge in [-0.2, -0.15) is 0 Å². The largest absolute Gasteiger partial charge is 0.271 e. The summed E-state index contributed by atoms with van der Waals surface area (Å²) in [6.07, 6.45) is 12.9. The van der Waals surface area contributed by atoms with E-state index >= 15 is 0 Å². The highest BCUT2D eigenvalue weighted by atomic mass is 32.2. The summed E-state index contributed by atoms with van der Waals surface area (Å²) >= 11 is 1.42. The molecule has 4 heteroatoms. The highest BCUT2D eigenvalue weighted by molar-refractivity contribution is 8.04. The molecule has 32 heavy (non-hydrogen) atoms. The molecule has 0 atom stereocenters. The van der Waals surface area contributed by atoms with Gasteiger partial charge in [-0.15, -0.1) is 0 Å². The van der Waals surface area contributed by atoms with Gasteiger partial charge in [-0.05, 0) is 30.5 Å². The number of hydrogen-bond donors (Lipinski definition) is 0. The number of benzene rings is 2. The molecule has 2 aromatic carbocycles. The van der Waals surface area contributed by atoms with E-state index in [-0.39, 0.29) is 17.9 Å². The quantitative estimate of drug-likeness (QED) is 0.464. The van der Waals surface area contributed by atoms with Crippen LogP contribution in [0.3, 0.4) is 0 Å². The molecule has 168 valence electrons. The van der Waals surface area contributed by atoms with Crippen molar-refractivity contribution in [2.75, 3.05) is 0 Å². The zero-order valence-electron chi connectivity index (χ0n) is 18.8. The van der Waals surface area contributed by atoms with Crippen molar-refractivity contribution >= 4 is 29.1 Å². The first kappa shape index (κ1) is 22.8. The van der Waals surface area contributed by atoms with Gasteiger partial charge in [0, 0.05) is 10.9 Å². The normalized spacial score (nSPS) is 19.7. The van der Waals surface area contributed by atoms with Crippen molar-refractivity contribution in [2.24, 2.45) is 0 Å². The van der Waals surface area contributed by atoms with E-state index in [0.29, 0.717) is 10.5 Å². The summed E-state index contributed by atoms with van der Waals surface area (Å²) in [4.78, 5) is 30.6. The molecule has 0 N–H and O–H groups in total. The molecule has 1 aliphatic carbocycles. The lowest BCUT2D eigenvalue weighted by atomic mass is 9.96. The van der Waals surface area contributed by atoms with Crippen molar-refractivity contribution in [1.29, 1.82) is 0 Å². The molecule has 1 heterocycles. The van der Waals surface area contributed by atoms with E-state index in [2.05, 4.69) is 0 Å². The zero-order valence-corrected chi connectivity index (χ0v) is 19.6. The van der Waals surface area contributed by atoms with E-state index in [0.717, 1.165) is 36.1 Å². The monoisotopic (exact) mass is 447 g/mol. The summed E-state index contributed by atoms with van der Waals surface area (Å²) in [5, 5.41) is 0. The van der Waals surface area contributed by atoms with Gasteiger partial charge in [0.25, 0.3) is 11.8 Å². The van der Waals surface area contributed by atoms with Gasteiger partial charge in [0.05, 0.1) is 10.5 Å². The van der Waals surface area contributed by atoms with Gasteiger partial charge >= 0.3 is 0 Å². The van der Waals surface area contributed by atoms with Crippen LogP contribution in [0.1, 0.15) is 76.2 Å². The fourth-order valence-corrected chi connectivity index (χ4v) is 5.84. The molecule has 1 saturated carbocycles. The Morgan fingerprint density at radius 1 is 0.625 bits per heavy atom. The van der Waals surface area contributed by atoms with Crippen molar-refractivity contribution in [3.05, 3.63) is 71.1 Å². The van der Waals surface area contributed by atoms with Crippen molar-refractivity contribution in [3.8, 4) is 0 Å². The molecule has 1 fully saturated rings. The van der Waals surface area contributed by atoms with Crippen molar-refractivity contribution in [2.45, 2.75) is 81.6 Å². The number of rotatable bonds is 4. The Bertz CT molecular complexity index is 926. The van der Waals surface area contributed by atoms with Crippen LogP contribution in [0.15, 0.2) is 70.5 Å². The first-order valence-electron chi connectivity index (χ1n) is 12.2. The minimum absolute atomic E-state index is 0.00186. The Labute approximate surface area is 196 Å². The smallest absolute Gasteiger partial charge is 0.268 e. The maximum absolute atomic E-state index is 13.7. The minimum atomic E-state index is -0.114. The minimum Gasteiger partial charge on any atom is -0.271 e. The van der Waals surface area contributed by atoms with E-state index in [4.69, 9.17) is 0 Å². The predicted octanol–water partition coefficient (Wildman–Crippen LogP) is 7.23. The number of carbonyl (C=O) groups excluding carboxylic acids is 2. The lowest BCUT2D eigenvalue weighted by Gasteiger charge is -2.27. The van der Waals surface area contributed by atoms with Crippen molar-refractivity contribution in [1.82, 2.24) is 4.90 Å². The second kappa shape index (κ2) is 11.5. The predicted molar refractivity (Wildman–Crippen MR) is 132 cm³/mol. The molecule has 4 rings (SSSR count). The third-order valence-electron chi connectivity index (χ3n) is 6.54. The Balaban J connectivity index is 1.62. The maximum Gasteiger partial charge on any atom is 0.268 e. The maximum atomic E-state index is 13.7. The molecule has 0 bridgehead atoms. The fraction of sp³-hybridized carbons (Fsp3) is 0.429. The highest BCUT2D eigenvalue weighted by Gasteiger charge is 2.42. The number of amides is 2. The number of thioether (sulfide) groups is 1. The highest BCUT2D eigenvalue weighted by Crippen LogP contribution is 2.41. The van der Waals surface area contributed by atoms with Crippen LogP contribution in [-0.2, 0) is 9.59 Å². The first-order chi connectivity index (χ1) is 15.8. The second-order valence-electron chi connectivity index (χ2n) is 8.88. The van der Waals surface area contributed by atoms with Crippen LogP contribution in [-0.4, -0.2) is 22.8 Å². The molecule has 2 aromatic rings. The fourth-order valence-electron chi connectivity index (χ4n) is 4.82. The standard InChI is InChI=1S/C28H33NO2S/c30-27-25(22-16-10-8-11-17-22)26(32-24-20-14-9-15-21-24)28(31)29(27)23-18-12-6-4-2-1-3-5-7-13-19-23/h8-11,14-17,20-21,23H,1-7,12-13,18-19H2. The summed E-state index contributed by atoms with van der Waals surface area (Å²) in [5.41, 5.74) is 1.40. The molecule has 0 unspecified atom stereocenters. The summed E-state index contributed by atoms with van der Waals surface area (Å²) < 4.78 is 0. The van der Waals surface area contributed by atoms with Crippen LogP contribution < -0.4 is 0 Å². The van der Waals surface area contributed by atoms with Crippen LogP contribution in [0.5, 0.6) is 0 Å². The topological polar surface area (TPSA) is 37.4 Å².